The maximum atomic E-state index is 12.2. The molecule has 20 heavy (non-hydrogen) atoms. The van der Waals surface area contributed by atoms with Crippen LogP contribution in [0.4, 0.5) is 5.69 Å². The van der Waals surface area contributed by atoms with E-state index in [1.807, 2.05) is 0 Å². The number of aryl methyl sites for hydroxylation is 1. The molecular weight excluding hydrogens is 303 g/mol. The number of carbonyl (C=O) groups excluding carboxylic acids is 1. The zero-order chi connectivity index (χ0) is 15.2. The average Bonchev–Trinajstić information content (AvgIpc) is 2.86. The summed E-state index contributed by atoms with van der Waals surface area (Å²) >= 11 is 11.7. The van der Waals surface area contributed by atoms with Gasteiger partial charge >= 0.3 is 5.97 Å². The lowest BCUT2D eigenvalue weighted by Crippen LogP contribution is -2.19. The molecule has 0 unspecified atom stereocenters. The Morgan fingerprint density at radius 2 is 1.95 bits per heavy atom. The van der Waals surface area contributed by atoms with Crippen molar-refractivity contribution in [3.63, 3.8) is 0 Å². The molecule has 0 aromatic carbocycles. The van der Waals surface area contributed by atoms with Crippen molar-refractivity contribution >= 4 is 40.8 Å². The fourth-order valence-electron chi connectivity index (χ4n) is 2.53. The highest BCUT2D eigenvalue weighted by atomic mass is 35.5. The summed E-state index contributed by atoms with van der Waals surface area (Å²) in [6.07, 6.45) is 0. The van der Waals surface area contributed by atoms with Crippen LogP contribution in [0.15, 0.2) is 6.07 Å². The number of amides is 1. The molecule has 1 aromatic rings. The Labute approximate surface area is 126 Å². The summed E-state index contributed by atoms with van der Waals surface area (Å²) in [5, 5.41) is 12.1. The number of hydrogen-bond acceptors (Lipinski definition) is 3. The summed E-state index contributed by atoms with van der Waals surface area (Å²) < 4.78 is 0. The van der Waals surface area contributed by atoms with Gasteiger partial charge in [-0.2, -0.15) is 0 Å². The van der Waals surface area contributed by atoms with Crippen molar-refractivity contribution in [2.75, 3.05) is 5.32 Å². The van der Waals surface area contributed by atoms with Gasteiger partial charge in [-0.15, -0.1) is 0 Å². The maximum absolute atomic E-state index is 12.2. The standard InChI is InChI=1S/C13H14Cl2N2O3/c1-5-4-6(14)16-10(15)9(5)17-11(18)7-8(12(19)20)13(7,2)3/h4,7-8H,1-3H3,(H,17,18)(H,19,20)/t7-,8+/m1/s1. The fraction of sp³-hybridized carbons (Fsp3) is 0.462. The molecule has 1 aromatic heterocycles. The van der Waals surface area contributed by atoms with Gasteiger partial charge in [0.05, 0.1) is 17.5 Å². The molecule has 2 atom stereocenters. The smallest absolute Gasteiger partial charge is 0.307 e. The molecule has 1 aliphatic rings. The summed E-state index contributed by atoms with van der Waals surface area (Å²) in [7, 11) is 0. The van der Waals surface area contributed by atoms with Crippen molar-refractivity contribution < 1.29 is 14.7 Å². The van der Waals surface area contributed by atoms with Crippen LogP contribution >= 0.6 is 23.2 Å². The average molecular weight is 317 g/mol. The highest BCUT2D eigenvalue weighted by molar-refractivity contribution is 6.34. The van der Waals surface area contributed by atoms with Crippen LogP contribution in [0.25, 0.3) is 0 Å². The van der Waals surface area contributed by atoms with E-state index in [0.29, 0.717) is 11.3 Å². The molecule has 0 radical (unpaired) electrons. The van der Waals surface area contributed by atoms with Crippen LogP contribution in [0.1, 0.15) is 19.4 Å². The molecular formula is C13H14Cl2N2O3. The van der Waals surface area contributed by atoms with E-state index >= 15 is 0 Å². The number of anilines is 1. The van der Waals surface area contributed by atoms with Gasteiger partial charge in [-0.1, -0.05) is 37.0 Å². The van der Waals surface area contributed by atoms with Crippen LogP contribution in [0, 0.1) is 24.2 Å². The molecule has 1 aliphatic carbocycles. The molecule has 108 valence electrons. The quantitative estimate of drug-likeness (QED) is 0.840. The third-order valence-electron chi connectivity index (χ3n) is 3.77. The van der Waals surface area contributed by atoms with E-state index in [0.717, 1.165) is 0 Å². The molecule has 5 nitrogen and oxygen atoms in total. The molecule has 7 heteroatoms. The normalized spacial score (nSPS) is 23.2. The Hall–Kier alpha value is -1.33. The lowest BCUT2D eigenvalue weighted by atomic mass is 10.1. The summed E-state index contributed by atoms with van der Waals surface area (Å²) in [5.74, 6) is -2.59. The molecule has 0 saturated heterocycles. The second-order valence-corrected chi connectivity index (χ2v) is 6.28. The van der Waals surface area contributed by atoms with Crippen LogP contribution in [0.5, 0.6) is 0 Å². The molecule has 0 aliphatic heterocycles. The zero-order valence-electron chi connectivity index (χ0n) is 11.2. The number of rotatable bonds is 3. The van der Waals surface area contributed by atoms with Gasteiger partial charge in [-0.3, -0.25) is 9.59 Å². The summed E-state index contributed by atoms with van der Waals surface area (Å²) in [6.45, 7) is 5.25. The van der Waals surface area contributed by atoms with Crippen LogP contribution in [0.2, 0.25) is 10.3 Å². The molecule has 0 spiro atoms. The SMILES string of the molecule is Cc1cc(Cl)nc(Cl)c1NC(=O)[C@H]1[C@@H](C(=O)O)C1(C)C. The Morgan fingerprint density at radius 3 is 2.40 bits per heavy atom. The first-order chi connectivity index (χ1) is 9.16. The third-order valence-corrected chi connectivity index (χ3v) is 4.23. The Morgan fingerprint density at radius 1 is 1.35 bits per heavy atom. The predicted octanol–water partition coefficient (Wildman–Crippen LogP) is 2.99. The third kappa shape index (κ3) is 2.47. The maximum Gasteiger partial charge on any atom is 0.307 e. The van der Waals surface area contributed by atoms with Crippen LogP contribution < -0.4 is 5.32 Å². The molecule has 1 saturated carbocycles. The van der Waals surface area contributed by atoms with E-state index in [9.17, 15) is 9.59 Å². The largest absolute Gasteiger partial charge is 0.481 e. The minimum atomic E-state index is -0.966. The van der Waals surface area contributed by atoms with Gasteiger partial charge in [-0.25, -0.2) is 4.98 Å². The molecule has 1 amide bonds. The van der Waals surface area contributed by atoms with Crippen molar-refractivity contribution in [2.45, 2.75) is 20.8 Å². The number of carboxylic acid groups (broad SMARTS) is 1. The van der Waals surface area contributed by atoms with E-state index in [1.165, 1.54) is 0 Å². The molecule has 0 bridgehead atoms. The van der Waals surface area contributed by atoms with E-state index in [-0.39, 0.29) is 16.2 Å². The van der Waals surface area contributed by atoms with Crippen molar-refractivity contribution in [2.24, 2.45) is 17.3 Å². The first-order valence-electron chi connectivity index (χ1n) is 6.02. The fourth-order valence-corrected chi connectivity index (χ4v) is 3.11. The number of aliphatic carboxylic acids is 1. The topological polar surface area (TPSA) is 79.3 Å². The Bertz CT molecular complexity index is 578. The number of carboxylic acids is 1. The number of hydrogen-bond donors (Lipinski definition) is 2. The van der Waals surface area contributed by atoms with Gasteiger partial charge in [0.2, 0.25) is 5.91 Å². The molecule has 2 rings (SSSR count). The Kier molecular flexibility index (Phi) is 3.69. The van der Waals surface area contributed by atoms with Crippen LogP contribution in [-0.2, 0) is 9.59 Å². The first-order valence-corrected chi connectivity index (χ1v) is 6.78. The molecule has 1 fully saturated rings. The van der Waals surface area contributed by atoms with Crippen molar-refractivity contribution in [3.8, 4) is 0 Å². The Balaban J connectivity index is 2.20. The van der Waals surface area contributed by atoms with Crippen LogP contribution in [0.3, 0.4) is 0 Å². The van der Waals surface area contributed by atoms with Gasteiger partial charge in [0, 0.05) is 0 Å². The van der Waals surface area contributed by atoms with Gasteiger partial charge < -0.3 is 10.4 Å². The number of aromatic nitrogens is 1. The van der Waals surface area contributed by atoms with E-state index in [1.54, 1.807) is 26.8 Å². The van der Waals surface area contributed by atoms with E-state index < -0.39 is 23.2 Å². The van der Waals surface area contributed by atoms with Gasteiger partial charge in [0.25, 0.3) is 0 Å². The van der Waals surface area contributed by atoms with E-state index in [4.69, 9.17) is 28.3 Å². The van der Waals surface area contributed by atoms with Crippen molar-refractivity contribution in [1.29, 1.82) is 0 Å². The number of carbonyl (C=O) groups is 2. The van der Waals surface area contributed by atoms with E-state index in [2.05, 4.69) is 10.3 Å². The van der Waals surface area contributed by atoms with Gasteiger partial charge in [0.1, 0.15) is 5.15 Å². The highest BCUT2D eigenvalue weighted by Crippen LogP contribution is 2.58. The number of nitrogens with one attached hydrogen (secondary N) is 1. The lowest BCUT2D eigenvalue weighted by molar-refractivity contribution is -0.140. The monoisotopic (exact) mass is 316 g/mol. The summed E-state index contributed by atoms with van der Waals surface area (Å²) in [5.41, 5.74) is 0.484. The number of pyridine rings is 1. The predicted molar refractivity (Wildman–Crippen MR) is 76.0 cm³/mol. The summed E-state index contributed by atoms with van der Waals surface area (Å²) in [4.78, 5) is 27.1. The number of halogens is 2. The molecule has 2 N–H and O–H groups in total. The van der Waals surface area contributed by atoms with Crippen molar-refractivity contribution in [3.05, 3.63) is 21.9 Å². The van der Waals surface area contributed by atoms with Gasteiger partial charge in [-0.05, 0) is 24.0 Å². The highest BCUT2D eigenvalue weighted by Gasteiger charge is 2.65. The second-order valence-electron chi connectivity index (χ2n) is 5.53. The second kappa shape index (κ2) is 4.90. The minimum Gasteiger partial charge on any atom is -0.481 e. The van der Waals surface area contributed by atoms with Crippen molar-refractivity contribution in [1.82, 2.24) is 4.98 Å². The number of nitrogens with zero attached hydrogens (tertiary/aromatic N) is 1. The minimum absolute atomic E-state index is 0.0914. The molecule has 1 heterocycles. The van der Waals surface area contributed by atoms with Gasteiger partial charge in [0.15, 0.2) is 5.15 Å². The van der Waals surface area contributed by atoms with Crippen LogP contribution in [-0.4, -0.2) is 22.0 Å². The summed E-state index contributed by atoms with van der Waals surface area (Å²) in [6, 6.07) is 1.58. The first kappa shape index (κ1) is 15.1. The lowest BCUT2D eigenvalue weighted by Gasteiger charge is -2.10. The zero-order valence-corrected chi connectivity index (χ0v) is 12.7.